The van der Waals surface area contributed by atoms with Crippen LogP contribution in [0.4, 0.5) is 0 Å². The van der Waals surface area contributed by atoms with Crippen molar-refractivity contribution in [3.05, 3.63) is 11.3 Å². The van der Waals surface area contributed by atoms with Crippen LogP contribution in [0.25, 0.3) is 0 Å². The highest BCUT2D eigenvalue weighted by atomic mass is 16.5. The second-order valence-corrected chi connectivity index (χ2v) is 4.83. The van der Waals surface area contributed by atoms with Gasteiger partial charge >= 0.3 is 5.97 Å². The van der Waals surface area contributed by atoms with E-state index in [9.17, 15) is 14.7 Å². The van der Waals surface area contributed by atoms with E-state index in [1.165, 1.54) is 16.7 Å². The minimum Gasteiger partial charge on any atom is -0.481 e. The Morgan fingerprint density at radius 1 is 1.57 bits per heavy atom. The summed E-state index contributed by atoms with van der Waals surface area (Å²) in [6.07, 6.45) is -1.14. The van der Waals surface area contributed by atoms with Crippen molar-refractivity contribution in [1.29, 1.82) is 0 Å². The van der Waals surface area contributed by atoms with E-state index in [4.69, 9.17) is 9.47 Å². The van der Waals surface area contributed by atoms with Crippen LogP contribution in [-0.2, 0) is 21.4 Å². The summed E-state index contributed by atoms with van der Waals surface area (Å²) in [5.74, 6) is -0.929. The number of likely N-dealkylation sites (N-methyl/N-ethyl adjacent to an activating group) is 1. The van der Waals surface area contributed by atoms with Gasteiger partial charge in [0.25, 0.3) is 0 Å². The summed E-state index contributed by atoms with van der Waals surface area (Å²) in [6.45, 7) is 3.70. The van der Waals surface area contributed by atoms with Gasteiger partial charge in [-0.25, -0.2) is 9.48 Å². The van der Waals surface area contributed by atoms with E-state index < -0.39 is 18.1 Å². The van der Waals surface area contributed by atoms with Crippen LogP contribution in [0, 0.1) is 6.92 Å². The Morgan fingerprint density at radius 2 is 2.24 bits per heavy atom. The molecule has 1 saturated heterocycles. The van der Waals surface area contributed by atoms with Crippen LogP contribution in [0.5, 0.6) is 5.88 Å². The van der Waals surface area contributed by atoms with Gasteiger partial charge in [0.05, 0.1) is 18.4 Å². The zero-order valence-electron chi connectivity index (χ0n) is 12.5. The van der Waals surface area contributed by atoms with E-state index in [1.807, 2.05) is 0 Å². The number of ether oxygens (including phenoxy) is 2. The highest BCUT2D eigenvalue weighted by molar-refractivity contribution is 5.83. The van der Waals surface area contributed by atoms with Crippen molar-refractivity contribution in [3.63, 3.8) is 0 Å². The molecule has 1 aromatic rings. The summed E-state index contributed by atoms with van der Waals surface area (Å²) >= 11 is 0. The van der Waals surface area contributed by atoms with Gasteiger partial charge in [-0.15, -0.1) is 0 Å². The lowest BCUT2D eigenvalue weighted by Gasteiger charge is -2.38. The molecule has 0 aliphatic carbocycles. The first-order valence-electron chi connectivity index (χ1n) is 6.63. The molecule has 1 aliphatic heterocycles. The number of amides is 1. The Hall–Kier alpha value is -2.09. The average Bonchev–Trinajstić information content (AvgIpc) is 2.71. The van der Waals surface area contributed by atoms with Gasteiger partial charge in [0.2, 0.25) is 11.8 Å². The normalized spacial score (nSPS) is 22.5. The second-order valence-electron chi connectivity index (χ2n) is 4.83. The van der Waals surface area contributed by atoms with Crippen molar-refractivity contribution in [3.8, 4) is 5.88 Å². The quantitative estimate of drug-likeness (QED) is 0.847. The highest BCUT2D eigenvalue weighted by Crippen LogP contribution is 2.37. The standard InChI is InChI=1S/C13H19N3O5/c1-5-16-8(17)6-21-11(13(18)19)10(16)9-7(2)14-15(3)12(9)20-4/h10-11H,5-6H2,1-4H3,(H,18,19). The van der Waals surface area contributed by atoms with Gasteiger partial charge in [-0.05, 0) is 13.8 Å². The molecule has 8 nitrogen and oxygen atoms in total. The third-order valence-corrected chi connectivity index (χ3v) is 3.62. The minimum absolute atomic E-state index is 0.233. The van der Waals surface area contributed by atoms with Gasteiger partial charge in [-0.2, -0.15) is 5.10 Å². The number of carbonyl (C=O) groups excluding carboxylic acids is 1. The predicted molar refractivity (Wildman–Crippen MR) is 72.0 cm³/mol. The molecule has 2 rings (SSSR count). The molecule has 1 aliphatic rings. The summed E-state index contributed by atoms with van der Waals surface area (Å²) in [5.41, 5.74) is 1.18. The maximum Gasteiger partial charge on any atom is 0.335 e. The van der Waals surface area contributed by atoms with Gasteiger partial charge in [0.15, 0.2) is 6.10 Å². The molecule has 1 aromatic heterocycles. The molecule has 21 heavy (non-hydrogen) atoms. The topological polar surface area (TPSA) is 93.9 Å². The lowest BCUT2D eigenvalue weighted by molar-refractivity contribution is -0.173. The first-order valence-corrected chi connectivity index (χ1v) is 6.63. The van der Waals surface area contributed by atoms with Crippen LogP contribution >= 0.6 is 0 Å². The van der Waals surface area contributed by atoms with E-state index in [-0.39, 0.29) is 12.5 Å². The van der Waals surface area contributed by atoms with Crippen LogP contribution in [-0.4, -0.2) is 58.0 Å². The molecular formula is C13H19N3O5. The highest BCUT2D eigenvalue weighted by Gasteiger charge is 2.44. The van der Waals surface area contributed by atoms with E-state index >= 15 is 0 Å². The molecule has 1 fully saturated rings. The Morgan fingerprint density at radius 3 is 2.76 bits per heavy atom. The van der Waals surface area contributed by atoms with Crippen molar-refractivity contribution in [2.45, 2.75) is 26.0 Å². The molecule has 2 atom stereocenters. The molecule has 0 radical (unpaired) electrons. The van der Waals surface area contributed by atoms with Crippen LogP contribution < -0.4 is 4.74 Å². The smallest absolute Gasteiger partial charge is 0.335 e. The zero-order chi connectivity index (χ0) is 15.7. The molecular weight excluding hydrogens is 278 g/mol. The van der Waals surface area contributed by atoms with Crippen molar-refractivity contribution in [2.75, 3.05) is 20.3 Å². The van der Waals surface area contributed by atoms with Crippen molar-refractivity contribution in [2.24, 2.45) is 7.05 Å². The average molecular weight is 297 g/mol. The number of morpholine rings is 1. The summed E-state index contributed by atoms with van der Waals surface area (Å²) < 4.78 is 12.1. The zero-order valence-corrected chi connectivity index (χ0v) is 12.5. The number of aryl methyl sites for hydroxylation is 2. The fourth-order valence-electron chi connectivity index (χ4n) is 2.78. The van der Waals surface area contributed by atoms with E-state index in [0.717, 1.165) is 0 Å². The first-order chi connectivity index (χ1) is 9.92. The van der Waals surface area contributed by atoms with Gasteiger partial charge in [0.1, 0.15) is 12.6 Å². The molecule has 0 spiro atoms. The predicted octanol–water partition coefficient (Wildman–Crippen LogP) is 0.110. The molecule has 2 heterocycles. The number of carboxylic acids is 1. The number of carbonyl (C=O) groups is 2. The number of hydrogen-bond acceptors (Lipinski definition) is 5. The number of methoxy groups -OCH3 is 1. The van der Waals surface area contributed by atoms with E-state index in [2.05, 4.69) is 5.10 Å². The molecule has 2 unspecified atom stereocenters. The summed E-state index contributed by atoms with van der Waals surface area (Å²) in [7, 11) is 3.18. The first kappa shape index (κ1) is 15.3. The number of nitrogens with zero attached hydrogens (tertiary/aromatic N) is 3. The third-order valence-electron chi connectivity index (χ3n) is 3.62. The Labute approximate surface area is 122 Å². The van der Waals surface area contributed by atoms with Crippen molar-refractivity contribution < 1.29 is 24.2 Å². The lowest BCUT2D eigenvalue weighted by Crippen LogP contribution is -2.51. The fourth-order valence-corrected chi connectivity index (χ4v) is 2.78. The summed E-state index contributed by atoms with van der Waals surface area (Å²) in [5, 5.41) is 13.6. The molecule has 8 heteroatoms. The Kier molecular flexibility index (Phi) is 4.17. The number of aromatic nitrogens is 2. The number of hydrogen-bond donors (Lipinski definition) is 1. The van der Waals surface area contributed by atoms with Crippen LogP contribution in [0.1, 0.15) is 24.2 Å². The number of aliphatic carboxylic acids is 1. The monoisotopic (exact) mass is 297 g/mol. The van der Waals surface area contributed by atoms with Gasteiger partial charge in [0, 0.05) is 13.6 Å². The lowest BCUT2D eigenvalue weighted by atomic mass is 9.98. The third kappa shape index (κ3) is 2.46. The Balaban J connectivity index is 2.58. The van der Waals surface area contributed by atoms with Crippen LogP contribution in [0.15, 0.2) is 0 Å². The maximum absolute atomic E-state index is 12.0. The second kappa shape index (κ2) is 5.72. The largest absolute Gasteiger partial charge is 0.481 e. The van der Waals surface area contributed by atoms with Crippen molar-refractivity contribution in [1.82, 2.24) is 14.7 Å². The SMILES string of the molecule is CCN1C(=O)COC(C(=O)O)C1c1c(C)nn(C)c1OC. The van der Waals surface area contributed by atoms with Gasteiger partial charge < -0.3 is 19.5 Å². The minimum atomic E-state index is -1.14. The van der Waals surface area contributed by atoms with Gasteiger partial charge in [-0.1, -0.05) is 0 Å². The molecule has 1 amide bonds. The van der Waals surface area contributed by atoms with Gasteiger partial charge in [-0.3, -0.25) is 4.79 Å². The summed E-state index contributed by atoms with van der Waals surface area (Å²) in [4.78, 5) is 25.0. The number of rotatable bonds is 4. The molecule has 1 N–H and O–H groups in total. The van der Waals surface area contributed by atoms with E-state index in [0.29, 0.717) is 23.7 Å². The van der Waals surface area contributed by atoms with Crippen LogP contribution in [0.3, 0.4) is 0 Å². The Bertz CT molecular complexity index is 566. The van der Waals surface area contributed by atoms with Crippen LogP contribution in [0.2, 0.25) is 0 Å². The number of carboxylic acid groups (broad SMARTS) is 1. The van der Waals surface area contributed by atoms with E-state index in [1.54, 1.807) is 20.9 Å². The molecule has 0 aromatic carbocycles. The molecule has 0 bridgehead atoms. The maximum atomic E-state index is 12.0. The fraction of sp³-hybridized carbons (Fsp3) is 0.615. The molecule has 116 valence electrons. The van der Waals surface area contributed by atoms with Crippen molar-refractivity contribution >= 4 is 11.9 Å². The molecule has 0 saturated carbocycles. The summed E-state index contributed by atoms with van der Waals surface area (Å²) in [6, 6.07) is -0.752.